The van der Waals surface area contributed by atoms with E-state index in [0.717, 1.165) is 42.4 Å². The van der Waals surface area contributed by atoms with Gasteiger partial charge in [-0.15, -0.1) is 6.58 Å². The second-order valence-electron chi connectivity index (χ2n) is 9.31. The van der Waals surface area contributed by atoms with Crippen LogP contribution in [0, 0.1) is 41.1 Å². The Kier molecular flexibility index (Phi) is 6.50. The third kappa shape index (κ3) is 4.43. The zero-order valence-corrected chi connectivity index (χ0v) is 17.4. The van der Waals surface area contributed by atoms with E-state index in [9.17, 15) is 17.6 Å². The van der Waals surface area contributed by atoms with Crippen molar-refractivity contribution in [1.82, 2.24) is 0 Å². The minimum absolute atomic E-state index is 0.0769. The Balaban J connectivity index is 1.39. The largest absolute Gasteiger partial charge is 0.242 e. The summed E-state index contributed by atoms with van der Waals surface area (Å²) in [4.78, 5) is 0. The molecule has 0 saturated heterocycles. The molecule has 0 aromatic heterocycles. The average molecular weight is 419 g/mol. The number of hydrogen-bond donors (Lipinski definition) is 0. The lowest BCUT2D eigenvalue weighted by atomic mass is 9.67. The number of rotatable bonds is 4. The summed E-state index contributed by atoms with van der Waals surface area (Å²) < 4.78 is 55.2. The number of benzene rings is 1. The van der Waals surface area contributed by atoms with Gasteiger partial charge >= 0.3 is 0 Å². The lowest BCUT2D eigenvalue weighted by Crippen LogP contribution is -2.26. The highest BCUT2D eigenvalue weighted by atomic mass is 19.2. The second-order valence-corrected chi connectivity index (χ2v) is 9.31. The van der Waals surface area contributed by atoms with E-state index in [1.807, 2.05) is 6.08 Å². The van der Waals surface area contributed by atoms with E-state index in [0.29, 0.717) is 11.8 Å². The number of halogens is 4. The van der Waals surface area contributed by atoms with Crippen molar-refractivity contribution < 1.29 is 17.6 Å². The van der Waals surface area contributed by atoms with Crippen molar-refractivity contribution >= 4 is 5.57 Å². The first-order valence-corrected chi connectivity index (χ1v) is 11.3. The first-order chi connectivity index (χ1) is 14.5. The zero-order chi connectivity index (χ0) is 21.3. The molecule has 162 valence electrons. The molecule has 2 saturated carbocycles. The molecule has 0 spiro atoms. The Hall–Kier alpha value is -1.84. The van der Waals surface area contributed by atoms with Gasteiger partial charge in [-0.3, -0.25) is 0 Å². The fraction of sp³-hybridized carbons (Fsp3) is 0.538. The molecule has 3 aliphatic rings. The van der Waals surface area contributed by atoms with E-state index in [4.69, 9.17) is 0 Å². The predicted octanol–water partition coefficient (Wildman–Crippen LogP) is 7.95. The monoisotopic (exact) mass is 418 g/mol. The average Bonchev–Trinajstić information content (AvgIpc) is 2.77. The van der Waals surface area contributed by atoms with E-state index < -0.39 is 23.6 Å². The van der Waals surface area contributed by atoms with Crippen molar-refractivity contribution in [3.63, 3.8) is 0 Å². The van der Waals surface area contributed by atoms with Gasteiger partial charge in [0.2, 0.25) is 0 Å². The number of alkyl halides is 1. The van der Waals surface area contributed by atoms with E-state index in [2.05, 4.69) is 12.7 Å². The van der Waals surface area contributed by atoms with Crippen molar-refractivity contribution in [2.75, 3.05) is 0 Å². The lowest BCUT2D eigenvalue weighted by Gasteiger charge is -2.38. The molecule has 0 bridgehead atoms. The van der Waals surface area contributed by atoms with Crippen molar-refractivity contribution in [3.8, 4) is 0 Å². The van der Waals surface area contributed by atoms with Crippen LogP contribution < -0.4 is 0 Å². The molecule has 4 rings (SSSR count). The van der Waals surface area contributed by atoms with Gasteiger partial charge in [-0.1, -0.05) is 23.8 Å². The summed E-state index contributed by atoms with van der Waals surface area (Å²) in [6, 6.07) is 1.75. The summed E-state index contributed by atoms with van der Waals surface area (Å²) in [5.41, 5.74) is 1.40. The maximum Gasteiger partial charge on any atom is 0.194 e. The van der Waals surface area contributed by atoms with Crippen LogP contribution in [0.25, 0.3) is 5.57 Å². The van der Waals surface area contributed by atoms with Gasteiger partial charge in [0, 0.05) is 6.42 Å². The van der Waals surface area contributed by atoms with Crippen LogP contribution in [-0.4, -0.2) is 6.17 Å². The molecule has 0 N–H and O–H groups in total. The second kappa shape index (κ2) is 9.11. The summed E-state index contributed by atoms with van der Waals surface area (Å²) >= 11 is 0. The lowest BCUT2D eigenvalue weighted by molar-refractivity contribution is 0.162. The summed E-state index contributed by atoms with van der Waals surface area (Å²) in [7, 11) is 0. The molecule has 30 heavy (non-hydrogen) atoms. The van der Waals surface area contributed by atoms with Crippen LogP contribution in [0.5, 0.6) is 0 Å². The van der Waals surface area contributed by atoms with Crippen molar-refractivity contribution in [1.29, 1.82) is 0 Å². The zero-order valence-electron chi connectivity index (χ0n) is 17.4. The maximum atomic E-state index is 14.9. The Bertz CT molecular complexity index is 814. The molecular weight excluding hydrogens is 388 g/mol. The third-order valence-corrected chi connectivity index (χ3v) is 7.66. The maximum absolute atomic E-state index is 14.9. The Morgan fingerprint density at radius 2 is 1.37 bits per heavy atom. The van der Waals surface area contributed by atoms with Crippen LogP contribution >= 0.6 is 0 Å². The van der Waals surface area contributed by atoms with Gasteiger partial charge in [0.05, 0.1) is 0 Å². The molecule has 1 aromatic rings. The quantitative estimate of drug-likeness (QED) is 0.264. The number of allylic oxidation sites excluding steroid dienone is 5. The van der Waals surface area contributed by atoms with E-state index >= 15 is 0 Å². The minimum Gasteiger partial charge on any atom is -0.242 e. The molecule has 3 aliphatic carbocycles. The van der Waals surface area contributed by atoms with Crippen LogP contribution in [0.4, 0.5) is 17.6 Å². The predicted molar refractivity (Wildman–Crippen MR) is 113 cm³/mol. The molecule has 1 unspecified atom stereocenters. The molecule has 4 heteroatoms. The van der Waals surface area contributed by atoms with Crippen LogP contribution in [-0.2, 0) is 0 Å². The van der Waals surface area contributed by atoms with Crippen molar-refractivity contribution in [2.45, 2.75) is 64.0 Å². The standard InChI is InChI=1S/C26H30F4/c1-2-16-3-5-17(6-4-16)18-7-9-19(10-8-18)20-11-12-22(23(27)13-20)21-14-24(28)26(30)25(29)15-21/h2,11-12,14-19,23H,1,3-10,13H2. The topological polar surface area (TPSA) is 0 Å². The molecule has 0 nitrogen and oxygen atoms in total. The molecule has 0 amide bonds. The van der Waals surface area contributed by atoms with Crippen LogP contribution in [0.1, 0.15) is 63.4 Å². The van der Waals surface area contributed by atoms with E-state index in [-0.39, 0.29) is 17.6 Å². The first kappa shape index (κ1) is 21.4. The smallest absolute Gasteiger partial charge is 0.194 e. The molecule has 1 aromatic carbocycles. The summed E-state index contributed by atoms with van der Waals surface area (Å²) in [5.74, 6) is -1.39. The summed E-state index contributed by atoms with van der Waals surface area (Å²) in [5, 5.41) is 0. The van der Waals surface area contributed by atoms with Crippen LogP contribution in [0.15, 0.2) is 42.5 Å². The van der Waals surface area contributed by atoms with Crippen molar-refractivity contribution in [2.24, 2.45) is 23.7 Å². The van der Waals surface area contributed by atoms with E-state index in [1.165, 1.54) is 38.5 Å². The Labute approximate surface area is 176 Å². The molecule has 2 fully saturated rings. The van der Waals surface area contributed by atoms with Gasteiger partial charge in [-0.05, 0) is 98.3 Å². The Morgan fingerprint density at radius 3 is 1.90 bits per heavy atom. The number of hydrogen-bond acceptors (Lipinski definition) is 0. The van der Waals surface area contributed by atoms with Crippen LogP contribution in [0.3, 0.4) is 0 Å². The molecule has 1 atom stereocenters. The van der Waals surface area contributed by atoms with Gasteiger partial charge < -0.3 is 0 Å². The fourth-order valence-electron chi connectivity index (χ4n) is 5.80. The molecule has 0 heterocycles. The molecule has 0 aliphatic heterocycles. The molecular formula is C26H30F4. The van der Waals surface area contributed by atoms with Gasteiger partial charge in [-0.25, -0.2) is 17.6 Å². The van der Waals surface area contributed by atoms with Crippen LogP contribution in [0.2, 0.25) is 0 Å². The third-order valence-electron chi connectivity index (χ3n) is 7.66. The summed E-state index contributed by atoms with van der Waals surface area (Å²) in [6.07, 6.45) is 14.3. The van der Waals surface area contributed by atoms with Gasteiger partial charge in [-0.2, -0.15) is 0 Å². The highest BCUT2D eigenvalue weighted by molar-refractivity contribution is 5.72. The van der Waals surface area contributed by atoms with Crippen molar-refractivity contribution in [3.05, 3.63) is 65.5 Å². The minimum atomic E-state index is -1.52. The normalized spacial score (nSPS) is 32.3. The summed E-state index contributed by atoms with van der Waals surface area (Å²) in [6.45, 7) is 3.93. The van der Waals surface area contributed by atoms with E-state index in [1.54, 1.807) is 6.08 Å². The fourth-order valence-corrected chi connectivity index (χ4v) is 5.80. The highest BCUT2D eigenvalue weighted by Gasteiger charge is 2.33. The van der Waals surface area contributed by atoms with Gasteiger partial charge in [0.1, 0.15) is 6.17 Å². The first-order valence-electron chi connectivity index (χ1n) is 11.3. The SMILES string of the molecule is C=CC1CCC(C2CCC(C3=CC=C(c4cc(F)c(F)c(F)c4)C(F)C3)CC2)CC1. The molecule has 0 radical (unpaired) electrons. The van der Waals surface area contributed by atoms with Gasteiger partial charge in [0.25, 0.3) is 0 Å². The Morgan fingerprint density at radius 1 is 0.800 bits per heavy atom. The highest BCUT2D eigenvalue weighted by Crippen LogP contribution is 2.45. The van der Waals surface area contributed by atoms with Gasteiger partial charge in [0.15, 0.2) is 17.5 Å².